The highest BCUT2D eigenvalue weighted by molar-refractivity contribution is 6.01. The van der Waals surface area contributed by atoms with Gasteiger partial charge in [-0.3, -0.25) is 4.79 Å². The van der Waals surface area contributed by atoms with Crippen molar-refractivity contribution in [2.45, 2.75) is 26.2 Å². The molecule has 0 aliphatic carbocycles. The number of rotatable bonds is 4. The number of carbonyl (C=O) groups excluding carboxylic acids is 1. The molecule has 0 atom stereocenters. The average molecular weight is 382 g/mol. The molecule has 2 aromatic heterocycles. The zero-order chi connectivity index (χ0) is 20.3. The maximum Gasteiger partial charge on any atom is 0.249 e. The van der Waals surface area contributed by atoms with Gasteiger partial charge in [-0.25, -0.2) is 13.8 Å². The molecule has 3 aromatic rings. The lowest BCUT2D eigenvalue weighted by Gasteiger charge is -2.13. The number of amides is 1. The monoisotopic (exact) mass is 382 g/mol. The van der Waals surface area contributed by atoms with E-state index in [0.717, 1.165) is 30.0 Å². The molecule has 5 nitrogen and oxygen atoms in total. The van der Waals surface area contributed by atoms with Crippen LogP contribution in [0.15, 0.2) is 54.7 Å². The molecular formula is C21H20F2N4O. The van der Waals surface area contributed by atoms with Crippen molar-refractivity contribution in [1.82, 2.24) is 14.8 Å². The summed E-state index contributed by atoms with van der Waals surface area (Å²) in [4.78, 5) is 16.6. The fourth-order valence-electron chi connectivity index (χ4n) is 2.49. The predicted octanol–water partition coefficient (Wildman–Crippen LogP) is 4.49. The van der Waals surface area contributed by atoms with Gasteiger partial charge in [-0.05, 0) is 30.3 Å². The van der Waals surface area contributed by atoms with Crippen molar-refractivity contribution in [1.29, 1.82) is 0 Å². The van der Waals surface area contributed by atoms with Gasteiger partial charge in [0, 0.05) is 29.3 Å². The van der Waals surface area contributed by atoms with Crippen molar-refractivity contribution < 1.29 is 13.6 Å². The lowest BCUT2D eigenvalue weighted by molar-refractivity contribution is -0.111. The molecule has 144 valence electrons. The normalized spacial score (nSPS) is 11.8. The fraction of sp³-hybridized carbons (Fsp3) is 0.190. The highest BCUT2D eigenvalue weighted by atomic mass is 19.1. The van der Waals surface area contributed by atoms with E-state index in [1.165, 1.54) is 10.7 Å². The van der Waals surface area contributed by atoms with Crippen molar-refractivity contribution in [3.63, 3.8) is 0 Å². The highest BCUT2D eigenvalue weighted by Crippen LogP contribution is 2.25. The second-order valence-corrected chi connectivity index (χ2v) is 7.22. The summed E-state index contributed by atoms with van der Waals surface area (Å²) >= 11 is 0. The van der Waals surface area contributed by atoms with Gasteiger partial charge in [0.25, 0.3) is 0 Å². The summed E-state index contributed by atoms with van der Waals surface area (Å²) < 4.78 is 28.9. The van der Waals surface area contributed by atoms with Gasteiger partial charge in [-0.1, -0.05) is 32.9 Å². The van der Waals surface area contributed by atoms with Gasteiger partial charge >= 0.3 is 0 Å². The first-order chi connectivity index (χ1) is 13.3. The Bertz CT molecular complexity index is 1000. The Balaban J connectivity index is 1.90. The summed E-state index contributed by atoms with van der Waals surface area (Å²) in [5.41, 5.74) is 0.245. The quantitative estimate of drug-likeness (QED) is 0.676. The van der Waals surface area contributed by atoms with Crippen molar-refractivity contribution in [2.75, 3.05) is 5.32 Å². The molecule has 1 aromatic carbocycles. The number of halogens is 2. The number of hydrogen-bond acceptors (Lipinski definition) is 3. The van der Waals surface area contributed by atoms with Crippen LogP contribution in [0, 0.1) is 11.6 Å². The second-order valence-electron chi connectivity index (χ2n) is 7.22. The van der Waals surface area contributed by atoms with Gasteiger partial charge in [0.1, 0.15) is 17.5 Å². The molecule has 3 rings (SSSR count). The molecule has 0 bridgehead atoms. The average Bonchev–Trinajstić information content (AvgIpc) is 3.06. The number of nitrogens with zero attached hydrogens (tertiary/aromatic N) is 3. The topological polar surface area (TPSA) is 59.8 Å². The lowest BCUT2D eigenvalue weighted by Crippen LogP contribution is -2.14. The molecule has 7 heteroatoms. The van der Waals surface area contributed by atoms with Crippen molar-refractivity contribution in [2.24, 2.45) is 0 Å². The molecule has 28 heavy (non-hydrogen) atoms. The Morgan fingerprint density at radius 3 is 2.43 bits per heavy atom. The highest BCUT2D eigenvalue weighted by Gasteiger charge is 2.21. The standard InChI is InChI=1S/C21H20F2N4O/c1-21(2,3)17-13-19(27(26-17)18-9-4-5-12-24-18)25-20(28)11-10-14-15(22)7-6-8-16(14)23/h4-13H,1-3H3,(H,25,28). The summed E-state index contributed by atoms with van der Waals surface area (Å²) in [7, 11) is 0. The zero-order valence-corrected chi connectivity index (χ0v) is 15.8. The Labute approximate surface area is 161 Å². The first-order valence-corrected chi connectivity index (χ1v) is 8.71. The molecule has 0 spiro atoms. The predicted molar refractivity (Wildman–Crippen MR) is 104 cm³/mol. The molecule has 1 N–H and O–H groups in total. The minimum absolute atomic E-state index is 0.244. The van der Waals surface area contributed by atoms with Crippen LogP contribution >= 0.6 is 0 Å². The van der Waals surface area contributed by atoms with Gasteiger partial charge in [0.2, 0.25) is 5.91 Å². The van der Waals surface area contributed by atoms with E-state index in [4.69, 9.17) is 0 Å². The Kier molecular flexibility index (Phi) is 5.35. The minimum Gasteiger partial charge on any atom is -0.307 e. The number of benzene rings is 1. The van der Waals surface area contributed by atoms with Crippen LogP contribution in [0.3, 0.4) is 0 Å². The van der Waals surface area contributed by atoms with E-state index >= 15 is 0 Å². The van der Waals surface area contributed by atoms with E-state index in [-0.39, 0.29) is 11.0 Å². The largest absolute Gasteiger partial charge is 0.307 e. The molecule has 0 saturated carbocycles. The summed E-state index contributed by atoms with van der Waals surface area (Å²) in [5.74, 6) is -1.07. The van der Waals surface area contributed by atoms with Gasteiger partial charge in [-0.15, -0.1) is 0 Å². The van der Waals surface area contributed by atoms with Gasteiger partial charge < -0.3 is 5.32 Å². The first kappa shape index (κ1) is 19.4. The van der Waals surface area contributed by atoms with Crippen LogP contribution in [0.4, 0.5) is 14.6 Å². The smallest absolute Gasteiger partial charge is 0.249 e. The number of carbonyl (C=O) groups is 1. The van der Waals surface area contributed by atoms with E-state index in [1.807, 2.05) is 26.8 Å². The minimum atomic E-state index is -0.738. The first-order valence-electron chi connectivity index (χ1n) is 8.71. The van der Waals surface area contributed by atoms with Gasteiger partial charge in [0.15, 0.2) is 5.82 Å². The molecular weight excluding hydrogens is 362 g/mol. The number of hydrogen-bond donors (Lipinski definition) is 1. The second kappa shape index (κ2) is 7.72. The third-order valence-corrected chi connectivity index (χ3v) is 4.00. The van der Waals surface area contributed by atoms with E-state index in [2.05, 4.69) is 15.4 Å². The van der Waals surface area contributed by atoms with Crippen LogP contribution in [-0.2, 0) is 10.2 Å². The fourth-order valence-corrected chi connectivity index (χ4v) is 2.49. The van der Waals surface area contributed by atoms with Crippen molar-refractivity contribution in [3.05, 3.63) is 77.6 Å². The third kappa shape index (κ3) is 4.31. The molecule has 0 saturated heterocycles. The van der Waals surface area contributed by atoms with Crippen LogP contribution in [0.1, 0.15) is 32.0 Å². The summed E-state index contributed by atoms with van der Waals surface area (Å²) in [6.45, 7) is 6.01. The molecule has 2 heterocycles. The summed E-state index contributed by atoms with van der Waals surface area (Å²) in [6, 6.07) is 10.6. The molecule has 0 fully saturated rings. The summed E-state index contributed by atoms with van der Waals surface area (Å²) in [5, 5.41) is 7.25. The lowest BCUT2D eigenvalue weighted by atomic mass is 9.92. The molecule has 1 amide bonds. The Morgan fingerprint density at radius 2 is 1.82 bits per heavy atom. The SMILES string of the molecule is CC(C)(C)c1cc(NC(=O)C=Cc2c(F)cccc2F)n(-c2ccccn2)n1. The van der Waals surface area contributed by atoms with E-state index in [9.17, 15) is 13.6 Å². The zero-order valence-electron chi connectivity index (χ0n) is 15.8. The van der Waals surface area contributed by atoms with Crippen molar-refractivity contribution in [3.8, 4) is 5.82 Å². The maximum absolute atomic E-state index is 13.7. The van der Waals surface area contributed by atoms with Gasteiger partial charge in [0.05, 0.1) is 5.69 Å². The number of anilines is 1. The number of aromatic nitrogens is 3. The Hall–Kier alpha value is -3.35. The van der Waals surface area contributed by atoms with Crippen molar-refractivity contribution >= 4 is 17.8 Å². The maximum atomic E-state index is 13.7. The molecule has 0 unspecified atom stereocenters. The number of pyridine rings is 1. The molecule has 0 radical (unpaired) electrons. The third-order valence-electron chi connectivity index (χ3n) is 4.00. The van der Waals surface area contributed by atoms with E-state index in [0.29, 0.717) is 11.6 Å². The van der Waals surface area contributed by atoms with E-state index < -0.39 is 17.5 Å². The summed E-state index contributed by atoms with van der Waals surface area (Å²) in [6.07, 6.45) is 3.81. The molecule has 0 aliphatic rings. The van der Waals surface area contributed by atoms with Crippen LogP contribution < -0.4 is 5.32 Å². The van der Waals surface area contributed by atoms with Crippen LogP contribution in [0.2, 0.25) is 0 Å². The van der Waals surface area contributed by atoms with Crippen LogP contribution in [-0.4, -0.2) is 20.7 Å². The van der Waals surface area contributed by atoms with Gasteiger partial charge in [-0.2, -0.15) is 9.78 Å². The molecule has 0 aliphatic heterocycles. The Morgan fingerprint density at radius 1 is 1.11 bits per heavy atom. The number of nitrogens with one attached hydrogen (secondary N) is 1. The van der Waals surface area contributed by atoms with Crippen LogP contribution in [0.25, 0.3) is 11.9 Å². The van der Waals surface area contributed by atoms with E-state index in [1.54, 1.807) is 24.4 Å². The van der Waals surface area contributed by atoms with Crippen LogP contribution in [0.5, 0.6) is 0 Å².